The summed E-state index contributed by atoms with van der Waals surface area (Å²) in [5.41, 5.74) is 1.28. The van der Waals surface area contributed by atoms with Crippen molar-refractivity contribution in [2.75, 3.05) is 33.3 Å². The second kappa shape index (κ2) is 6.83. The zero-order chi connectivity index (χ0) is 16.2. The molecule has 23 heavy (non-hydrogen) atoms. The van der Waals surface area contributed by atoms with Crippen LogP contribution in [0.5, 0.6) is 5.75 Å². The molecule has 0 atom stereocenters. The van der Waals surface area contributed by atoms with Crippen molar-refractivity contribution >= 4 is 23.2 Å². The van der Waals surface area contributed by atoms with Crippen LogP contribution in [0.15, 0.2) is 41.1 Å². The molecule has 0 unspecified atom stereocenters. The summed E-state index contributed by atoms with van der Waals surface area (Å²) in [4.78, 5) is 28.5. The minimum atomic E-state index is -0.0508. The number of para-hydroxylation sites is 1. The van der Waals surface area contributed by atoms with Gasteiger partial charge in [-0.3, -0.25) is 9.59 Å². The molecular formula is C17H18N2O3S. The van der Waals surface area contributed by atoms with Crippen molar-refractivity contribution in [2.24, 2.45) is 0 Å². The van der Waals surface area contributed by atoms with Crippen LogP contribution < -0.4 is 4.74 Å². The SMILES string of the molecule is COc1ccccc1C(=O)N1CCN(C(=O)c2ccsc2)CC1. The molecule has 0 bridgehead atoms. The van der Waals surface area contributed by atoms with Crippen LogP contribution in [0.1, 0.15) is 20.7 Å². The Morgan fingerprint density at radius 2 is 1.65 bits per heavy atom. The summed E-state index contributed by atoms with van der Waals surface area (Å²) in [6.07, 6.45) is 0. The van der Waals surface area contributed by atoms with Gasteiger partial charge >= 0.3 is 0 Å². The van der Waals surface area contributed by atoms with E-state index in [9.17, 15) is 9.59 Å². The largest absolute Gasteiger partial charge is 0.496 e. The highest BCUT2D eigenvalue weighted by Gasteiger charge is 2.26. The highest BCUT2D eigenvalue weighted by atomic mass is 32.1. The molecule has 6 heteroatoms. The van der Waals surface area contributed by atoms with E-state index in [0.717, 1.165) is 5.56 Å². The average Bonchev–Trinajstić information content (AvgIpc) is 3.15. The highest BCUT2D eigenvalue weighted by molar-refractivity contribution is 7.08. The van der Waals surface area contributed by atoms with Crippen molar-refractivity contribution in [3.05, 3.63) is 52.2 Å². The second-order valence-electron chi connectivity index (χ2n) is 5.30. The van der Waals surface area contributed by atoms with Crippen molar-refractivity contribution in [1.29, 1.82) is 0 Å². The van der Waals surface area contributed by atoms with Gasteiger partial charge in [0, 0.05) is 31.6 Å². The molecule has 0 saturated carbocycles. The Kier molecular flexibility index (Phi) is 4.62. The molecule has 1 aliphatic heterocycles. The summed E-state index contributed by atoms with van der Waals surface area (Å²) in [5.74, 6) is 0.565. The Morgan fingerprint density at radius 3 is 2.26 bits per heavy atom. The van der Waals surface area contributed by atoms with Crippen LogP contribution in [0.4, 0.5) is 0 Å². The number of ether oxygens (including phenoxy) is 1. The molecule has 1 fully saturated rings. The summed E-state index contributed by atoms with van der Waals surface area (Å²) in [7, 11) is 1.56. The maximum Gasteiger partial charge on any atom is 0.257 e. The summed E-state index contributed by atoms with van der Waals surface area (Å²) in [6, 6.07) is 9.05. The minimum absolute atomic E-state index is 0.0376. The third kappa shape index (κ3) is 3.22. The van der Waals surface area contributed by atoms with Crippen LogP contribution in [0.2, 0.25) is 0 Å². The van der Waals surface area contributed by atoms with Gasteiger partial charge in [0.25, 0.3) is 11.8 Å². The van der Waals surface area contributed by atoms with E-state index in [-0.39, 0.29) is 11.8 Å². The number of nitrogens with zero attached hydrogens (tertiary/aromatic N) is 2. The first-order valence-corrected chi connectivity index (χ1v) is 8.38. The first-order chi connectivity index (χ1) is 11.2. The highest BCUT2D eigenvalue weighted by Crippen LogP contribution is 2.20. The minimum Gasteiger partial charge on any atom is -0.496 e. The van der Waals surface area contributed by atoms with E-state index in [2.05, 4.69) is 0 Å². The van der Waals surface area contributed by atoms with E-state index in [1.165, 1.54) is 11.3 Å². The van der Waals surface area contributed by atoms with E-state index in [1.807, 2.05) is 29.0 Å². The van der Waals surface area contributed by atoms with Gasteiger partial charge in [-0.25, -0.2) is 0 Å². The van der Waals surface area contributed by atoms with E-state index in [4.69, 9.17) is 4.74 Å². The lowest BCUT2D eigenvalue weighted by Gasteiger charge is -2.34. The number of rotatable bonds is 3. The van der Waals surface area contributed by atoms with Gasteiger partial charge in [0.2, 0.25) is 0 Å². The summed E-state index contributed by atoms with van der Waals surface area (Å²) in [6.45, 7) is 2.17. The topological polar surface area (TPSA) is 49.9 Å². The van der Waals surface area contributed by atoms with Crippen molar-refractivity contribution in [1.82, 2.24) is 9.80 Å². The van der Waals surface area contributed by atoms with Gasteiger partial charge in [0.15, 0.2) is 0 Å². The standard InChI is InChI=1S/C17H18N2O3S/c1-22-15-5-3-2-4-14(15)17(21)19-9-7-18(8-10-19)16(20)13-6-11-23-12-13/h2-6,11-12H,7-10H2,1H3. The van der Waals surface area contributed by atoms with Gasteiger partial charge in [0.1, 0.15) is 5.75 Å². The number of piperazine rings is 1. The fraction of sp³-hybridized carbons (Fsp3) is 0.294. The third-order valence-corrected chi connectivity index (χ3v) is 4.64. The Morgan fingerprint density at radius 1 is 1.00 bits per heavy atom. The van der Waals surface area contributed by atoms with E-state index in [0.29, 0.717) is 37.5 Å². The predicted octanol–water partition coefficient (Wildman–Crippen LogP) is 2.35. The lowest BCUT2D eigenvalue weighted by Crippen LogP contribution is -2.50. The number of benzene rings is 1. The molecule has 2 amide bonds. The van der Waals surface area contributed by atoms with E-state index >= 15 is 0 Å². The van der Waals surface area contributed by atoms with Crippen LogP contribution >= 0.6 is 11.3 Å². The summed E-state index contributed by atoms with van der Waals surface area (Å²) >= 11 is 1.51. The predicted molar refractivity (Wildman–Crippen MR) is 89.1 cm³/mol. The number of methoxy groups -OCH3 is 1. The quantitative estimate of drug-likeness (QED) is 0.868. The van der Waals surface area contributed by atoms with Crippen LogP contribution in [-0.4, -0.2) is 54.9 Å². The zero-order valence-electron chi connectivity index (χ0n) is 12.9. The van der Waals surface area contributed by atoms with Crippen molar-refractivity contribution in [2.45, 2.75) is 0 Å². The average molecular weight is 330 g/mol. The molecule has 0 radical (unpaired) electrons. The van der Waals surface area contributed by atoms with E-state index < -0.39 is 0 Å². The van der Waals surface area contributed by atoms with E-state index in [1.54, 1.807) is 29.0 Å². The molecule has 2 aromatic rings. The van der Waals surface area contributed by atoms with Gasteiger partial charge in [-0.2, -0.15) is 11.3 Å². The summed E-state index contributed by atoms with van der Waals surface area (Å²) in [5, 5.41) is 3.75. The number of thiophene rings is 1. The molecule has 1 aromatic carbocycles. The summed E-state index contributed by atoms with van der Waals surface area (Å²) < 4.78 is 5.25. The second-order valence-corrected chi connectivity index (χ2v) is 6.08. The van der Waals surface area contributed by atoms with Gasteiger partial charge in [-0.15, -0.1) is 0 Å². The number of carbonyl (C=O) groups is 2. The molecule has 0 N–H and O–H groups in total. The first kappa shape index (κ1) is 15.6. The van der Waals surface area contributed by atoms with Crippen LogP contribution in [-0.2, 0) is 0 Å². The molecule has 120 valence electrons. The van der Waals surface area contributed by atoms with Gasteiger partial charge in [-0.05, 0) is 23.6 Å². The number of hydrogen-bond donors (Lipinski definition) is 0. The Bertz CT molecular complexity index is 692. The molecule has 0 spiro atoms. The Labute approximate surface area is 139 Å². The van der Waals surface area contributed by atoms with Crippen molar-refractivity contribution < 1.29 is 14.3 Å². The van der Waals surface area contributed by atoms with Crippen LogP contribution in [0, 0.1) is 0 Å². The lowest BCUT2D eigenvalue weighted by atomic mass is 10.1. The molecule has 1 aromatic heterocycles. The monoisotopic (exact) mass is 330 g/mol. The first-order valence-electron chi connectivity index (χ1n) is 7.44. The molecular weight excluding hydrogens is 312 g/mol. The maximum absolute atomic E-state index is 12.6. The molecule has 5 nitrogen and oxygen atoms in total. The number of amides is 2. The van der Waals surface area contributed by atoms with Gasteiger partial charge in [0.05, 0.1) is 18.2 Å². The van der Waals surface area contributed by atoms with Crippen molar-refractivity contribution in [3.8, 4) is 5.75 Å². The fourth-order valence-electron chi connectivity index (χ4n) is 2.67. The number of carbonyl (C=O) groups excluding carboxylic acids is 2. The smallest absolute Gasteiger partial charge is 0.257 e. The third-order valence-electron chi connectivity index (χ3n) is 3.96. The Hall–Kier alpha value is -2.34. The van der Waals surface area contributed by atoms with Crippen LogP contribution in [0.3, 0.4) is 0 Å². The molecule has 1 aliphatic rings. The van der Waals surface area contributed by atoms with Crippen molar-refractivity contribution in [3.63, 3.8) is 0 Å². The fourth-order valence-corrected chi connectivity index (χ4v) is 3.30. The molecule has 1 saturated heterocycles. The number of hydrogen-bond acceptors (Lipinski definition) is 4. The normalized spacial score (nSPS) is 14.7. The molecule has 0 aliphatic carbocycles. The Balaban J connectivity index is 1.65. The molecule has 2 heterocycles. The molecule has 3 rings (SSSR count). The lowest BCUT2D eigenvalue weighted by molar-refractivity contribution is 0.0534. The zero-order valence-corrected chi connectivity index (χ0v) is 13.7. The maximum atomic E-state index is 12.6. The van der Waals surface area contributed by atoms with Gasteiger partial charge < -0.3 is 14.5 Å². The van der Waals surface area contributed by atoms with Gasteiger partial charge in [-0.1, -0.05) is 12.1 Å². The van der Waals surface area contributed by atoms with Crippen LogP contribution in [0.25, 0.3) is 0 Å².